The fraction of sp³-hybridized carbons (Fsp3) is 0.0667. The molecule has 0 radical (unpaired) electrons. The molecule has 3 rings (SSSR count). The summed E-state index contributed by atoms with van der Waals surface area (Å²) in [5.74, 6) is 0. The van der Waals surface area contributed by atoms with Crippen LogP contribution < -0.4 is 5.32 Å². The molecule has 0 aliphatic rings. The molecule has 0 fully saturated rings. The van der Waals surface area contributed by atoms with Gasteiger partial charge in [0.25, 0.3) is 0 Å². The van der Waals surface area contributed by atoms with Gasteiger partial charge in [-0.05, 0) is 33.6 Å². The van der Waals surface area contributed by atoms with Crippen molar-refractivity contribution in [3.05, 3.63) is 58.6 Å². The number of fused-ring (bicyclic) bond motifs is 1. The van der Waals surface area contributed by atoms with E-state index in [2.05, 4.69) is 26.2 Å². The van der Waals surface area contributed by atoms with Crippen molar-refractivity contribution in [3.63, 3.8) is 0 Å². The van der Waals surface area contributed by atoms with Crippen LogP contribution in [0.25, 0.3) is 11.1 Å². The largest absolute Gasteiger partial charge is 0.444 e. The van der Waals surface area contributed by atoms with E-state index in [1.807, 2.05) is 42.5 Å². The first-order valence-corrected chi connectivity index (χ1v) is 7.04. The van der Waals surface area contributed by atoms with Crippen LogP contribution in [0.5, 0.6) is 0 Å². The van der Waals surface area contributed by atoms with Crippen molar-refractivity contribution in [1.29, 1.82) is 0 Å². The van der Waals surface area contributed by atoms with E-state index < -0.39 is 6.09 Å². The monoisotopic (exact) mass is 346 g/mol. The number of carbonyl (C=O) groups excluding carboxylic acids is 1. The lowest BCUT2D eigenvalue weighted by molar-refractivity contribution is 0.154. The second kappa shape index (κ2) is 5.97. The van der Waals surface area contributed by atoms with E-state index in [4.69, 9.17) is 9.15 Å². The van der Waals surface area contributed by atoms with Crippen LogP contribution in [0.15, 0.2) is 57.4 Å². The number of halogens is 1. The molecule has 1 N–H and O–H groups in total. The number of amides is 1. The molecule has 5 nitrogen and oxygen atoms in total. The zero-order valence-electron chi connectivity index (χ0n) is 10.9. The zero-order valence-corrected chi connectivity index (χ0v) is 12.5. The summed E-state index contributed by atoms with van der Waals surface area (Å²) in [5, 5.41) is 2.47. The minimum absolute atomic E-state index is 0.106. The van der Waals surface area contributed by atoms with Crippen LogP contribution in [0, 0.1) is 0 Å². The molecule has 0 bridgehead atoms. The van der Waals surface area contributed by atoms with Gasteiger partial charge in [0.1, 0.15) is 12.1 Å². The Labute approximate surface area is 129 Å². The van der Waals surface area contributed by atoms with Gasteiger partial charge in [0.15, 0.2) is 5.58 Å². The maximum absolute atomic E-state index is 11.7. The predicted molar refractivity (Wildman–Crippen MR) is 82.0 cm³/mol. The number of benzene rings is 2. The molecule has 21 heavy (non-hydrogen) atoms. The zero-order chi connectivity index (χ0) is 14.7. The first kappa shape index (κ1) is 13.6. The summed E-state index contributed by atoms with van der Waals surface area (Å²) in [4.78, 5) is 15.9. The lowest BCUT2D eigenvalue weighted by atomic mass is 10.2. The van der Waals surface area contributed by atoms with Gasteiger partial charge in [-0.3, -0.25) is 0 Å². The number of ether oxygens (including phenoxy) is 1. The summed E-state index contributed by atoms with van der Waals surface area (Å²) in [6, 6.07) is 15.0. The molecule has 0 atom stereocenters. The summed E-state index contributed by atoms with van der Waals surface area (Å²) in [7, 11) is 0. The van der Waals surface area contributed by atoms with Gasteiger partial charge in [-0.1, -0.05) is 36.4 Å². The third-order valence-electron chi connectivity index (χ3n) is 2.79. The molecule has 106 valence electrons. The standard InChI is InChI=1S/C15H11BrN2O3/c16-11-7-4-8-12-13(11)17-14(21-12)18-15(19)20-9-10-5-2-1-3-6-10/h1-8H,9H2,(H,17,18,19). The number of carbonyl (C=O) groups is 1. The number of nitrogens with zero attached hydrogens (tertiary/aromatic N) is 1. The molecule has 1 amide bonds. The normalized spacial score (nSPS) is 10.5. The average Bonchev–Trinajstić information content (AvgIpc) is 2.90. The van der Waals surface area contributed by atoms with Crippen LogP contribution in [-0.2, 0) is 11.3 Å². The number of anilines is 1. The van der Waals surface area contributed by atoms with Gasteiger partial charge in [-0.2, -0.15) is 4.98 Å². The van der Waals surface area contributed by atoms with Crippen LogP contribution in [0.1, 0.15) is 5.56 Å². The number of hydrogen-bond donors (Lipinski definition) is 1. The Kier molecular flexibility index (Phi) is 3.87. The Bertz CT molecular complexity index is 771. The Morgan fingerprint density at radius 2 is 2.00 bits per heavy atom. The van der Waals surface area contributed by atoms with Gasteiger partial charge in [-0.15, -0.1) is 0 Å². The summed E-state index contributed by atoms with van der Waals surface area (Å²) < 4.78 is 11.3. The summed E-state index contributed by atoms with van der Waals surface area (Å²) >= 11 is 3.37. The van der Waals surface area contributed by atoms with E-state index in [-0.39, 0.29) is 12.6 Å². The Morgan fingerprint density at radius 3 is 2.76 bits per heavy atom. The van der Waals surface area contributed by atoms with Gasteiger partial charge in [0.2, 0.25) is 0 Å². The van der Waals surface area contributed by atoms with Gasteiger partial charge >= 0.3 is 12.1 Å². The second-order valence-corrected chi connectivity index (χ2v) is 5.15. The fourth-order valence-corrected chi connectivity index (χ4v) is 2.25. The van der Waals surface area contributed by atoms with Gasteiger partial charge in [0.05, 0.1) is 0 Å². The quantitative estimate of drug-likeness (QED) is 0.766. The van der Waals surface area contributed by atoms with Crippen molar-refractivity contribution >= 4 is 39.1 Å². The minimum Gasteiger partial charge on any atom is -0.444 e. The fourth-order valence-electron chi connectivity index (χ4n) is 1.81. The van der Waals surface area contributed by atoms with Crippen LogP contribution >= 0.6 is 15.9 Å². The predicted octanol–water partition coefficient (Wildman–Crippen LogP) is 4.34. The summed E-state index contributed by atoms with van der Waals surface area (Å²) in [6.45, 7) is 0.191. The molecule has 0 aliphatic carbocycles. The topological polar surface area (TPSA) is 64.4 Å². The van der Waals surface area contributed by atoms with Crippen LogP contribution in [0.2, 0.25) is 0 Å². The molecular formula is C15H11BrN2O3. The highest BCUT2D eigenvalue weighted by Crippen LogP contribution is 2.25. The molecule has 1 heterocycles. The Balaban J connectivity index is 1.65. The first-order chi connectivity index (χ1) is 10.2. The first-order valence-electron chi connectivity index (χ1n) is 6.25. The third kappa shape index (κ3) is 3.22. The maximum Gasteiger partial charge on any atom is 0.415 e. The van der Waals surface area contributed by atoms with Crippen molar-refractivity contribution in [2.24, 2.45) is 0 Å². The number of hydrogen-bond acceptors (Lipinski definition) is 4. The number of oxazole rings is 1. The van der Waals surface area contributed by atoms with E-state index >= 15 is 0 Å². The highest BCUT2D eigenvalue weighted by molar-refractivity contribution is 9.10. The summed E-state index contributed by atoms with van der Waals surface area (Å²) in [5.41, 5.74) is 2.14. The molecule has 2 aromatic carbocycles. The average molecular weight is 347 g/mol. The SMILES string of the molecule is O=C(Nc1nc2c(Br)cccc2o1)OCc1ccccc1. The smallest absolute Gasteiger partial charge is 0.415 e. The maximum atomic E-state index is 11.7. The third-order valence-corrected chi connectivity index (χ3v) is 3.43. The van der Waals surface area contributed by atoms with Crippen molar-refractivity contribution < 1.29 is 13.9 Å². The second-order valence-electron chi connectivity index (χ2n) is 4.29. The van der Waals surface area contributed by atoms with Gasteiger partial charge in [-0.25, -0.2) is 10.1 Å². The van der Waals surface area contributed by atoms with Gasteiger partial charge in [0, 0.05) is 4.47 Å². The van der Waals surface area contributed by atoms with Crippen LogP contribution in [0.4, 0.5) is 10.8 Å². The van der Waals surface area contributed by atoms with Crippen molar-refractivity contribution in [3.8, 4) is 0 Å². The molecule has 0 saturated heterocycles. The number of aromatic nitrogens is 1. The summed E-state index contributed by atoms with van der Waals surface area (Å²) in [6.07, 6.45) is -0.610. The van der Waals surface area contributed by atoms with E-state index in [1.165, 1.54) is 0 Å². The highest BCUT2D eigenvalue weighted by Gasteiger charge is 2.11. The number of rotatable bonds is 3. The van der Waals surface area contributed by atoms with Crippen LogP contribution in [-0.4, -0.2) is 11.1 Å². The minimum atomic E-state index is -0.610. The molecule has 6 heteroatoms. The van der Waals surface area contributed by atoms with E-state index in [9.17, 15) is 4.79 Å². The molecule has 0 aliphatic heterocycles. The molecule has 0 spiro atoms. The Hall–Kier alpha value is -2.34. The van der Waals surface area contributed by atoms with E-state index in [1.54, 1.807) is 6.07 Å². The van der Waals surface area contributed by atoms with Crippen molar-refractivity contribution in [2.45, 2.75) is 6.61 Å². The lowest BCUT2D eigenvalue weighted by Gasteiger charge is -2.03. The highest BCUT2D eigenvalue weighted by atomic mass is 79.9. The molecule has 3 aromatic rings. The molecule has 0 unspecified atom stereocenters. The molecule has 1 aromatic heterocycles. The van der Waals surface area contributed by atoms with Crippen LogP contribution in [0.3, 0.4) is 0 Å². The van der Waals surface area contributed by atoms with E-state index in [0.717, 1.165) is 10.0 Å². The van der Waals surface area contributed by atoms with Crippen molar-refractivity contribution in [1.82, 2.24) is 4.98 Å². The number of nitrogens with one attached hydrogen (secondary N) is 1. The van der Waals surface area contributed by atoms with Gasteiger partial charge < -0.3 is 9.15 Å². The molecule has 0 saturated carbocycles. The molecular weight excluding hydrogens is 336 g/mol. The number of para-hydroxylation sites is 1. The van der Waals surface area contributed by atoms with Crippen molar-refractivity contribution in [2.75, 3.05) is 5.32 Å². The lowest BCUT2D eigenvalue weighted by Crippen LogP contribution is -2.13. The Morgan fingerprint density at radius 1 is 1.19 bits per heavy atom. The van der Waals surface area contributed by atoms with E-state index in [0.29, 0.717) is 11.1 Å².